The average Bonchev–Trinajstić information content (AvgIpc) is 2.48. The maximum Gasteiger partial charge on any atom is 0.111 e. The highest BCUT2D eigenvalue weighted by Gasteiger charge is 2.05. The van der Waals surface area contributed by atoms with Crippen LogP contribution in [0.2, 0.25) is 0 Å². The lowest BCUT2D eigenvalue weighted by Gasteiger charge is -2.08. The predicted octanol–water partition coefficient (Wildman–Crippen LogP) is 2.37. The van der Waals surface area contributed by atoms with Crippen molar-refractivity contribution in [3.8, 4) is 0 Å². The third kappa shape index (κ3) is 2.27. The van der Waals surface area contributed by atoms with Crippen molar-refractivity contribution in [3.63, 3.8) is 0 Å². The minimum atomic E-state index is 0.529. The highest BCUT2D eigenvalue weighted by molar-refractivity contribution is 7.98. The molecule has 0 unspecified atom stereocenters. The Labute approximate surface area is 78.4 Å². The molecule has 0 bridgehead atoms. The van der Waals surface area contributed by atoms with Crippen LogP contribution in [-0.4, -0.2) is 21.6 Å². The van der Waals surface area contributed by atoms with Gasteiger partial charge in [0.05, 0.1) is 0 Å². The molecular weight excluding hydrogens is 168 g/mol. The topological polar surface area (TPSA) is 17.8 Å². The van der Waals surface area contributed by atoms with Crippen LogP contribution in [0.1, 0.15) is 25.6 Å². The first kappa shape index (κ1) is 9.65. The summed E-state index contributed by atoms with van der Waals surface area (Å²) < 4.78 is 2.24. The van der Waals surface area contributed by atoms with Crippen LogP contribution >= 0.6 is 11.8 Å². The van der Waals surface area contributed by atoms with Crippen LogP contribution in [0.3, 0.4) is 0 Å². The Balaban J connectivity index is 2.64. The van der Waals surface area contributed by atoms with Crippen LogP contribution in [0.5, 0.6) is 0 Å². The lowest BCUT2D eigenvalue weighted by molar-refractivity contribution is 0.657. The molecule has 0 saturated carbocycles. The second-order valence-corrected chi connectivity index (χ2v) is 4.11. The molecule has 0 aliphatic carbocycles. The maximum atomic E-state index is 4.32. The number of aryl methyl sites for hydroxylation is 1. The highest BCUT2D eigenvalue weighted by atomic mass is 32.2. The Morgan fingerprint density at radius 1 is 1.58 bits per heavy atom. The Hall–Kier alpha value is -0.440. The van der Waals surface area contributed by atoms with E-state index < -0.39 is 0 Å². The molecule has 1 aromatic heterocycles. The summed E-state index contributed by atoms with van der Waals surface area (Å²) in [5.74, 6) is 2.89. The summed E-state index contributed by atoms with van der Waals surface area (Å²) in [6.45, 7) is 5.44. The fourth-order valence-electron chi connectivity index (χ4n) is 1.20. The van der Waals surface area contributed by atoms with E-state index in [1.807, 2.05) is 18.0 Å². The SMILES string of the molecule is CSCCn1ccnc1C(C)C. The van der Waals surface area contributed by atoms with E-state index in [0.29, 0.717) is 5.92 Å². The number of hydrogen-bond acceptors (Lipinski definition) is 2. The van der Waals surface area contributed by atoms with Gasteiger partial charge in [0, 0.05) is 30.6 Å². The molecule has 0 aromatic carbocycles. The van der Waals surface area contributed by atoms with Gasteiger partial charge in [0.1, 0.15) is 5.82 Å². The van der Waals surface area contributed by atoms with Crippen LogP contribution < -0.4 is 0 Å². The Morgan fingerprint density at radius 3 is 2.92 bits per heavy atom. The minimum Gasteiger partial charge on any atom is -0.334 e. The van der Waals surface area contributed by atoms with Gasteiger partial charge >= 0.3 is 0 Å². The maximum absolute atomic E-state index is 4.32. The van der Waals surface area contributed by atoms with Gasteiger partial charge in [-0.05, 0) is 6.26 Å². The fraction of sp³-hybridized carbons (Fsp3) is 0.667. The smallest absolute Gasteiger partial charge is 0.111 e. The molecule has 1 aromatic rings. The van der Waals surface area contributed by atoms with Crippen LogP contribution in [0, 0.1) is 0 Å². The molecule has 1 rings (SSSR count). The van der Waals surface area contributed by atoms with E-state index in [1.165, 1.54) is 5.82 Å². The lowest BCUT2D eigenvalue weighted by atomic mass is 10.2. The number of thioether (sulfide) groups is 1. The number of hydrogen-bond donors (Lipinski definition) is 0. The van der Waals surface area contributed by atoms with Crippen LogP contribution in [0.4, 0.5) is 0 Å². The molecular formula is C9H16N2S. The van der Waals surface area contributed by atoms with Crippen LogP contribution in [0.25, 0.3) is 0 Å². The second-order valence-electron chi connectivity index (χ2n) is 3.13. The van der Waals surface area contributed by atoms with Gasteiger partial charge in [0.15, 0.2) is 0 Å². The first-order chi connectivity index (χ1) is 5.75. The van der Waals surface area contributed by atoms with E-state index in [-0.39, 0.29) is 0 Å². The monoisotopic (exact) mass is 184 g/mol. The van der Waals surface area contributed by atoms with E-state index in [4.69, 9.17) is 0 Å². The number of aromatic nitrogens is 2. The average molecular weight is 184 g/mol. The van der Waals surface area contributed by atoms with Gasteiger partial charge in [-0.2, -0.15) is 11.8 Å². The third-order valence-electron chi connectivity index (χ3n) is 1.80. The standard InChI is InChI=1S/C9H16N2S/c1-8(2)9-10-4-5-11(9)6-7-12-3/h4-5,8H,6-7H2,1-3H3. The molecule has 12 heavy (non-hydrogen) atoms. The molecule has 1 heterocycles. The van der Waals surface area contributed by atoms with Gasteiger partial charge < -0.3 is 4.57 Å². The first-order valence-corrected chi connectivity index (χ1v) is 5.65. The van der Waals surface area contributed by atoms with Crippen LogP contribution in [0.15, 0.2) is 12.4 Å². The van der Waals surface area contributed by atoms with Gasteiger partial charge in [0.2, 0.25) is 0 Å². The Bertz CT molecular complexity index is 230. The summed E-state index contributed by atoms with van der Waals surface area (Å²) in [5, 5.41) is 0. The van der Waals surface area contributed by atoms with E-state index in [2.05, 4.69) is 35.9 Å². The molecule has 0 fully saturated rings. The van der Waals surface area contributed by atoms with E-state index >= 15 is 0 Å². The van der Waals surface area contributed by atoms with E-state index in [9.17, 15) is 0 Å². The van der Waals surface area contributed by atoms with E-state index in [1.54, 1.807) is 0 Å². The quantitative estimate of drug-likeness (QED) is 0.715. The Morgan fingerprint density at radius 2 is 2.33 bits per heavy atom. The van der Waals surface area contributed by atoms with Gasteiger partial charge in [-0.25, -0.2) is 4.98 Å². The van der Waals surface area contributed by atoms with Crippen molar-refractivity contribution >= 4 is 11.8 Å². The molecule has 0 aliphatic heterocycles. The van der Waals surface area contributed by atoms with Gasteiger partial charge in [-0.3, -0.25) is 0 Å². The molecule has 0 spiro atoms. The van der Waals surface area contributed by atoms with Gasteiger partial charge in [-0.1, -0.05) is 13.8 Å². The van der Waals surface area contributed by atoms with Crippen molar-refractivity contribution in [1.82, 2.24) is 9.55 Å². The van der Waals surface area contributed by atoms with Crippen molar-refractivity contribution in [1.29, 1.82) is 0 Å². The molecule has 3 heteroatoms. The van der Waals surface area contributed by atoms with Crippen molar-refractivity contribution < 1.29 is 0 Å². The zero-order valence-electron chi connectivity index (χ0n) is 7.95. The van der Waals surface area contributed by atoms with Crippen molar-refractivity contribution in [2.24, 2.45) is 0 Å². The summed E-state index contributed by atoms with van der Waals surface area (Å²) in [5.41, 5.74) is 0. The summed E-state index contributed by atoms with van der Waals surface area (Å²) in [6.07, 6.45) is 6.08. The van der Waals surface area contributed by atoms with Crippen molar-refractivity contribution in [2.45, 2.75) is 26.3 Å². The predicted molar refractivity (Wildman–Crippen MR) is 54.7 cm³/mol. The van der Waals surface area contributed by atoms with Crippen molar-refractivity contribution in [2.75, 3.05) is 12.0 Å². The molecule has 0 saturated heterocycles. The molecule has 2 nitrogen and oxygen atoms in total. The Kier molecular flexibility index (Phi) is 3.66. The number of imidazole rings is 1. The minimum absolute atomic E-state index is 0.529. The third-order valence-corrected chi connectivity index (χ3v) is 2.39. The van der Waals surface area contributed by atoms with Crippen molar-refractivity contribution in [3.05, 3.63) is 18.2 Å². The molecule has 0 amide bonds. The zero-order chi connectivity index (χ0) is 8.97. The normalized spacial score (nSPS) is 11.0. The summed E-state index contributed by atoms with van der Waals surface area (Å²) in [6, 6.07) is 0. The molecule has 0 radical (unpaired) electrons. The fourth-order valence-corrected chi connectivity index (χ4v) is 1.58. The van der Waals surface area contributed by atoms with Crippen LogP contribution in [-0.2, 0) is 6.54 Å². The summed E-state index contributed by atoms with van der Waals surface area (Å²) in [4.78, 5) is 4.32. The zero-order valence-corrected chi connectivity index (χ0v) is 8.77. The van der Waals surface area contributed by atoms with Gasteiger partial charge in [0.25, 0.3) is 0 Å². The molecule has 0 aliphatic rings. The number of nitrogens with zero attached hydrogens (tertiary/aromatic N) is 2. The molecule has 68 valence electrons. The molecule has 0 atom stereocenters. The summed E-state index contributed by atoms with van der Waals surface area (Å²) in [7, 11) is 0. The second kappa shape index (κ2) is 4.55. The largest absolute Gasteiger partial charge is 0.334 e. The lowest BCUT2D eigenvalue weighted by Crippen LogP contribution is -2.06. The first-order valence-electron chi connectivity index (χ1n) is 4.25. The molecule has 0 N–H and O–H groups in total. The summed E-state index contributed by atoms with van der Waals surface area (Å²) >= 11 is 1.87. The van der Waals surface area contributed by atoms with E-state index in [0.717, 1.165) is 12.3 Å². The highest BCUT2D eigenvalue weighted by Crippen LogP contribution is 2.11. The van der Waals surface area contributed by atoms with Gasteiger partial charge in [-0.15, -0.1) is 0 Å². The number of rotatable bonds is 4.